The minimum Gasteiger partial charge on any atom is -0.379 e. The van der Waals surface area contributed by atoms with Crippen LogP contribution in [0.3, 0.4) is 0 Å². The number of aryl methyl sites for hydroxylation is 2. The zero-order valence-electron chi connectivity index (χ0n) is 13.5. The largest absolute Gasteiger partial charge is 0.379 e. The maximum atomic E-state index is 6.01. The van der Waals surface area contributed by atoms with E-state index in [0.717, 1.165) is 23.5 Å². The van der Waals surface area contributed by atoms with Crippen LogP contribution in [0.5, 0.6) is 0 Å². The Morgan fingerprint density at radius 3 is 2.83 bits per heavy atom. The molecule has 2 atom stereocenters. The lowest BCUT2D eigenvalue weighted by molar-refractivity contribution is -0.0646. The molecule has 0 amide bonds. The predicted octanol–water partition coefficient (Wildman–Crippen LogP) is 2.27. The molecule has 0 radical (unpaired) electrons. The molecule has 3 heterocycles. The molecule has 0 saturated carbocycles. The van der Waals surface area contributed by atoms with Crippen molar-refractivity contribution in [3.05, 3.63) is 47.5 Å². The second-order valence-electron chi connectivity index (χ2n) is 5.76. The van der Waals surface area contributed by atoms with Crippen LogP contribution in [0.25, 0.3) is 0 Å². The van der Waals surface area contributed by atoms with Gasteiger partial charge < -0.3 is 14.8 Å². The monoisotopic (exact) mass is 314 g/mol. The molecule has 1 aliphatic heterocycles. The summed E-state index contributed by atoms with van der Waals surface area (Å²) in [6, 6.07) is 7.91. The summed E-state index contributed by atoms with van der Waals surface area (Å²) in [4.78, 5) is 13.2. The summed E-state index contributed by atoms with van der Waals surface area (Å²) in [5, 5.41) is 3.40. The average Bonchev–Trinajstić information content (AvgIpc) is 2.54. The first-order valence-electron chi connectivity index (χ1n) is 7.89. The molecule has 2 aromatic rings. The summed E-state index contributed by atoms with van der Waals surface area (Å²) >= 11 is 0. The first kappa shape index (κ1) is 15.8. The molecule has 0 spiro atoms. The molecule has 1 aliphatic rings. The molecule has 1 fully saturated rings. The van der Waals surface area contributed by atoms with Crippen LogP contribution in [-0.2, 0) is 16.1 Å². The molecule has 122 valence electrons. The molecule has 1 N–H and O–H groups in total. The van der Waals surface area contributed by atoms with Crippen LogP contribution >= 0.6 is 0 Å². The van der Waals surface area contributed by atoms with E-state index in [2.05, 4.69) is 20.3 Å². The highest BCUT2D eigenvalue weighted by molar-refractivity contribution is 5.29. The minimum absolute atomic E-state index is 0.0461. The number of nitrogens with zero attached hydrogens (tertiary/aromatic N) is 3. The molecular formula is C17H22N4O2. The number of rotatable bonds is 5. The third-order valence-corrected chi connectivity index (χ3v) is 3.77. The van der Waals surface area contributed by atoms with Gasteiger partial charge in [0.2, 0.25) is 5.95 Å². The van der Waals surface area contributed by atoms with Gasteiger partial charge in [0.05, 0.1) is 24.9 Å². The summed E-state index contributed by atoms with van der Waals surface area (Å²) in [6.45, 7) is 5.69. The van der Waals surface area contributed by atoms with Gasteiger partial charge in [-0.3, -0.25) is 4.98 Å². The van der Waals surface area contributed by atoms with E-state index in [0.29, 0.717) is 25.8 Å². The van der Waals surface area contributed by atoms with E-state index in [1.54, 1.807) is 6.20 Å². The Morgan fingerprint density at radius 2 is 2.09 bits per heavy atom. The van der Waals surface area contributed by atoms with Gasteiger partial charge in [-0.1, -0.05) is 6.07 Å². The fourth-order valence-electron chi connectivity index (χ4n) is 2.67. The lowest BCUT2D eigenvalue weighted by Gasteiger charge is -2.32. The summed E-state index contributed by atoms with van der Waals surface area (Å²) in [5.74, 6) is 0.654. The van der Waals surface area contributed by atoms with Crippen molar-refractivity contribution in [2.75, 3.05) is 18.5 Å². The molecule has 6 heteroatoms. The maximum absolute atomic E-state index is 6.01. The second kappa shape index (κ2) is 7.48. The molecule has 3 rings (SSSR count). The van der Waals surface area contributed by atoms with Crippen LogP contribution in [0.2, 0.25) is 0 Å². The summed E-state index contributed by atoms with van der Waals surface area (Å²) in [6.07, 6.45) is 2.59. The van der Waals surface area contributed by atoms with Crippen LogP contribution in [0.15, 0.2) is 30.5 Å². The van der Waals surface area contributed by atoms with E-state index in [1.165, 1.54) is 0 Å². The van der Waals surface area contributed by atoms with Gasteiger partial charge in [-0.2, -0.15) is 0 Å². The molecule has 1 saturated heterocycles. The fourth-order valence-corrected chi connectivity index (χ4v) is 2.67. The second-order valence-corrected chi connectivity index (χ2v) is 5.76. The number of aromatic nitrogens is 3. The van der Waals surface area contributed by atoms with Crippen LogP contribution in [0.1, 0.15) is 23.5 Å². The smallest absolute Gasteiger partial charge is 0.223 e. The Hall–Kier alpha value is -2.05. The topological polar surface area (TPSA) is 69.2 Å². The van der Waals surface area contributed by atoms with Crippen molar-refractivity contribution in [3.63, 3.8) is 0 Å². The summed E-state index contributed by atoms with van der Waals surface area (Å²) in [7, 11) is 0. The van der Waals surface area contributed by atoms with E-state index in [-0.39, 0.29) is 12.1 Å². The van der Waals surface area contributed by atoms with Crippen molar-refractivity contribution < 1.29 is 9.47 Å². The zero-order valence-corrected chi connectivity index (χ0v) is 13.5. The lowest BCUT2D eigenvalue weighted by atomic mass is 10.1. The van der Waals surface area contributed by atoms with Gasteiger partial charge in [0.25, 0.3) is 0 Å². The zero-order chi connectivity index (χ0) is 16.1. The number of nitrogens with one attached hydrogen (secondary N) is 1. The van der Waals surface area contributed by atoms with E-state index in [9.17, 15) is 0 Å². The van der Waals surface area contributed by atoms with E-state index >= 15 is 0 Å². The van der Waals surface area contributed by atoms with Crippen molar-refractivity contribution >= 4 is 5.95 Å². The summed E-state index contributed by atoms with van der Waals surface area (Å²) < 4.78 is 11.6. The van der Waals surface area contributed by atoms with Gasteiger partial charge >= 0.3 is 0 Å². The van der Waals surface area contributed by atoms with Crippen molar-refractivity contribution in [2.24, 2.45) is 0 Å². The Balaban J connectivity index is 1.64. The first-order valence-corrected chi connectivity index (χ1v) is 7.89. The first-order chi connectivity index (χ1) is 11.2. The fraction of sp³-hybridized carbons (Fsp3) is 0.471. The van der Waals surface area contributed by atoms with Crippen LogP contribution in [0, 0.1) is 13.8 Å². The highest BCUT2D eigenvalue weighted by atomic mass is 16.5. The Kier molecular flexibility index (Phi) is 5.15. The number of ether oxygens (including phenoxy) is 2. The number of hydrogen-bond donors (Lipinski definition) is 1. The van der Waals surface area contributed by atoms with Gasteiger partial charge in [0.15, 0.2) is 0 Å². The Morgan fingerprint density at radius 1 is 1.26 bits per heavy atom. The van der Waals surface area contributed by atoms with Crippen LogP contribution in [-0.4, -0.2) is 40.3 Å². The number of pyridine rings is 1. The van der Waals surface area contributed by atoms with Gasteiger partial charge in [-0.05, 0) is 38.5 Å². The van der Waals surface area contributed by atoms with Crippen molar-refractivity contribution in [1.82, 2.24) is 15.0 Å². The molecule has 6 nitrogen and oxygen atoms in total. The van der Waals surface area contributed by atoms with Gasteiger partial charge in [-0.25, -0.2) is 9.97 Å². The van der Waals surface area contributed by atoms with E-state index < -0.39 is 0 Å². The van der Waals surface area contributed by atoms with E-state index in [1.807, 2.05) is 38.1 Å². The van der Waals surface area contributed by atoms with E-state index in [4.69, 9.17) is 9.47 Å². The van der Waals surface area contributed by atoms with Crippen molar-refractivity contribution in [2.45, 2.75) is 39.0 Å². The predicted molar refractivity (Wildman–Crippen MR) is 87.2 cm³/mol. The molecule has 2 aromatic heterocycles. The molecule has 23 heavy (non-hydrogen) atoms. The van der Waals surface area contributed by atoms with Gasteiger partial charge in [0.1, 0.15) is 6.10 Å². The molecule has 0 unspecified atom stereocenters. The molecular weight excluding hydrogens is 292 g/mol. The maximum Gasteiger partial charge on any atom is 0.223 e. The van der Waals surface area contributed by atoms with Crippen LogP contribution < -0.4 is 5.32 Å². The summed E-state index contributed by atoms with van der Waals surface area (Å²) in [5.41, 5.74) is 2.83. The molecule has 0 aliphatic carbocycles. The quantitative estimate of drug-likeness (QED) is 0.913. The lowest BCUT2D eigenvalue weighted by Crippen LogP contribution is -2.44. The van der Waals surface area contributed by atoms with Crippen molar-refractivity contribution in [3.8, 4) is 0 Å². The SMILES string of the molecule is Cc1cc(C)nc(N[C@@H]2CCOC[C@H]2OCc2ccccn2)n1. The third-order valence-electron chi connectivity index (χ3n) is 3.77. The Labute approximate surface area is 136 Å². The normalized spacial score (nSPS) is 21.1. The third kappa shape index (κ3) is 4.46. The standard InChI is InChI=1S/C17H22N4O2/c1-12-9-13(2)20-17(19-12)21-15-6-8-22-11-16(15)23-10-14-5-3-4-7-18-14/h3-5,7,9,15-16H,6,8,10-11H2,1-2H3,(H,19,20,21)/t15-,16-/m1/s1. The molecule has 0 bridgehead atoms. The number of anilines is 1. The minimum atomic E-state index is -0.0461. The molecule has 0 aromatic carbocycles. The number of hydrogen-bond acceptors (Lipinski definition) is 6. The highest BCUT2D eigenvalue weighted by Gasteiger charge is 2.27. The van der Waals surface area contributed by atoms with Gasteiger partial charge in [0, 0.05) is 24.2 Å². The average molecular weight is 314 g/mol. The Bertz CT molecular complexity index is 615. The van der Waals surface area contributed by atoms with Gasteiger partial charge in [-0.15, -0.1) is 0 Å². The highest BCUT2D eigenvalue weighted by Crippen LogP contribution is 2.17. The van der Waals surface area contributed by atoms with Crippen LogP contribution in [0.4, 0.5) is 5.95 Å². The van der Waals surface area contributed by atoms with Crippen molar-refractivity contribution in [1.29, 1.82) is 0 Å².